The van der Waals surface area contributed by atoms with Crippen LogP contribution in [-0.2, 0) is 9.31 Å². The molecular formula is C36H30BNO2S. The normalized spacial score (nSPS) is 16.4. The van der Waals surface area contributed by atoms with Gasteiger partial charge in [0.25, 0.3) is 0 Å². The molecule has 0 radical (unpaired) electrons. The van der Waals surface area contributed by atoms with Gasteiger partial charge in [-0.1, -0.05) is 66.7 Å². The molecule has 41 heavy (non-hydrogen) atoms. The highest BCUT2D eigenvalue weighted by molar-refractivity contribution is 7.25. The average molecular weight is 552 g/mol. The third kappa shape index (κ3) is 3.80. The first-order chi connectivity index (χ1) is 19.8. The van der Waals surface area contributed by atoms with Gasteiger partial charge in [0.15, 0.2) is 0 Å². The predicted octanol–water partition coefficient (Wildman–Crippen LogP) is 9.12. The number of fused-ring (bicyclic) bond motifs is 6. The summed E-state index contributed by atoms with van der Waals surface area (Å²) in [5.74, 6) is 0. The Morgan fingerprint density at radius 1 is 0.561 bits per heavy atom. The highest BCUT2D eigenvalue weighted by atomic mass is 32.1. The van der Waals surface area contributed by atoms with E-state index in [0.29, 0.717) is 0 Å². The summed E-state index contributed by atoms with van der Waals surface area (Å²) in [7, 11) is -0.408. The number of nitrogens with zero attached hydrogens (tertiary/aromatic N) is 1. The number of para-hydroxylation sites is 1. The first kappa shape index (κ1) is 24.9. The van der Waals surface area contributed by atoms with Crippen molar-refractivity contribution in [3.8, 4) is 16.8 Å². The molecule has 0 aliphatic carbocycles. The highest BCUT2D eigenvalue weighted by Crippen LogP contribution is 2.40. The van der Waals surface area contributed by atoms with Gasteiger partial charge >= 0.3 is 7.12 Å². The number of benzene rings is 5. The first-order valence-corrected chi connectivity index (χ1v) is 15.0. The van der Waals surface area contributed by atoms with E-state index >= 15 is 0 Å². The smallest absolute Gasteiger partial charge is 0.399 e. The topological polar surface area (TPSA) is 23.4 Å². The van der Waals surface area contributed by atoms with Crippen LogP contribution in [0, 0.1) is 0 Å². The quantitative estimate of drug-likeness (QED) is 0.205. The van der Waals surface area contributed by atoms with E-state index in [0.717, 1.165) is 16.7 Å². The van der Waals surface area contributed by atoms with Crippen LogP contribution in [0.25, 0.3) is 58.8 Å². The van der Waals surface area contributed by atoms with Crippen molar-refractivity contribution >= 4 is 65.9 Å². The van der Waals surface area contributed by atoms with Crippen LogP contribution in [0.3, 0.4) is 0 Å². The van der Waals surface area contributed by atoms with Gasteiger partial charge in [-0.05, 0) is 86.7 Å². The van der Waals surface area contributed by atoms with Gasteiger partial charge in [-0.15, -0.1) is 11.3 Å². The zero-order valence-corrected chi connectivity index (χ0v) is 24.5. The molecule has 0 N–H and O–H groups in total. The molecule has 8 rings (SSSR count). The van der Waals surface area contributed by atoms with Gasteiger partial charge < -0.3 is 13.9 Å². The molecule has 1 saturated heterocycles. The lowest BCUT2D eigenvalue weighted by Crippen LogP contribution is -2.41. The van der Waals surface area contributed by atoms with Crippen LogP contribution in [0.5, 0.6) is 0 Å². The zero-order chi connectivity index (χ0) is 27.9. The lowest BCUT2D eigenvalue weighted by atomic mass is 9.79. The molecule has 1 fully saturated rings. The van der Waals surface area contributed by atoms with Crippen LogP contribution in [0.4, 0.5) is 0 Å². The van der Waals surface area contributed by atoms with E-state index in [9.17, 15) is 0 Å². The van der Waals surface area contributed by atoms with Crippen LogP contribution in [-0.4, -0.2) is 22.9 Å². The fourth-order valence-corrected chi connectivity index (χ4v) is 7.19. The lowest BCUT2D eigenvalue weighted by molar-refractivity contribution is 0.00578. The molecule has 200 valence electrons. The van der Waals surface area contributed by atoms with E-state index in [2.05, 4.69) is 141 Å². The molecule has 0 saturated carbocycles. The van der Waals surface area contributed by atoms with Gasteiger partial charge in [0.05, 0.1) is 22.2 Å². The monoisotopic (exact) mass is 551 g/mol. The van der Waals surface area contributed by atoms with Crippen LogP contribution in [0.1, 0.15) is 27.7 Å². The van der Waals surface area contributed by atoms with Crippen molar-refractivity contribution < 1.29 is 9.31 Å². The van der Waals surface area contributed by atoms with Crippen molar-refractivity contribution in [3.05, 3.63) is 109 Å². The second kappa shape index (κ2) is 8.80. The molecule has 0 amide bonds. The van der Waals surface area contributed by atoms with Crippen LogP contribution in [0.15, 0.2) is 109 Å². The van der Waals surface area contributed by atoms with E-state index in [1.54, 1.807) is 0 Å². The summed E-state index contributed by atoms with van der Waals surface area (Å²) in [6.07, 6.45) is 0. The largest absolute Gasteiger partial charge is 0.494 e. The number of thiophene rings is 1. The van der Waals surface area contributed by atoms with Crippen molar-refractivity contribution in [2.24, 2.45) is 0 Å². The number of hydrogen-bond donors (Lipinski definition) is 0. The van der Waals surface area contributed by atoms with Gasteiger partial charge in [0.2, 0.25) is 0 Å². The third-order valence-electron chi connectivity index (χ3n) is 9.04. The standard InChI is InChI=1S/C36H30BNO2S/c1-35(2)36(3,4)40-37(39-35)25-16-18-28-27-17-14-24(21-31(27)38(32(28)22-25)26-10-6-5-7-11-26)23-15-19-34-30(20-23)29-12-8-9-13-33(29)41-34/h5-22H,1-4H3. The molecule has 5 aromatic carbocycles. The average Bonchev–Trinajstić information content (AvgIpc) is 3.58. The summed E-state index contributed by atoms with van der Waals surface area (Å²) >= 11 is 1.86. The van der Waals surface area contributed by atoms with Gasteiger partial charge in [0.1, 0.15) is 0 Å². The Morgan fingerprint density at radius 2 is 1.17 bits per heavy atom. The molecule has 0 bridgehead atoms. The minimum absolute atomic E-state index is 0.386. The Balaban J connectivity index is 1.33. The molecule has 3 nitrogen and oxygen atoms in total. The molecule has 1 aliphatic heterocycles. The maximum absolute atomic E-state index is 6.42. The number of rotatable bonds is 3. The van der Waals surface area contributed by atoms with Crippen molar-refractivity contribution in [1.29, 1.82) is 0 Å². The fraction of sp³-hybridized carbons (Fsp3) is 0.167. The predicted molar refractivity (Wildman–Crippen MR) is 175 cm³/mol. The maximum Gasteiger partial charge on any atom is 0.494 e. The Labute approximate surface area is 244 Å². The van der Waals surface area contributed by atoms with E-state index in [4.69, 9.17) is 9.31 Å². The molecular weight excluding hydrogens is 521 g/mol. The fourth-order valence-electron chi connectivity index (χ4n) is 6.10. The van der Waals surface area contributed by atoms with Gasteiger partial charge in [0, 0.05) is 36.6 Å². The Bertz CT molecular complexity index is 2110. The summed E-state index contributed by atoms with van der Waals surface area (Å²) in [5.41, 5.74) is 6.16. The van der Waals surface area contributed by atoms with E-state index in [1.165, 1.54) is 47.6 Å². The third-order valence-corrected chi connectivity index (χ3v) is 10.2. The van der Waals surface area contributed by atoms with Gasteiger partial charge in [-0.3, -0.25) is 0 Å². The zero-order valence-electron chi connectivity index (χ0n) is 23.6. The summed E-state index contributed by atoms with van der Waals surface area (Å²) < 4.78 is 17.9. The van der Waals surface area contributed by atoms with Crippen LogP contribution >= 0.6 is 11.3 Å². The van der Waals surface area contributed by atoms with E-state index in [-0.39, 0.29) is 11.2 Å². The van der Waals surface area contributed by atoms with Gasteiger partial charge in [-0.2, -0.15) is 0 Å². The molecule has 1 aliphatic rings. The molecule has 0 atom stereocenters. The van der Waals surface area contributed by atoms with Crippen molar-refractivity contribution in [1.82, 2.24) is 4.57 Å². The molecule has 0 spiro atoms. The van der Waals surface area contributed by atoms with E-state index < -0.39 is 7.12 Å². The molecule has 3 heterocycles. The molecule has 5 heteroatoms. The number of aromatic nitrogens is 1. The molecule has 7 aromatic rings. The van der Waals surface area contributed by atoms with Crippen LogP contribution in [0.2, 0.25) is 0 Å². The van der Waals surface area contributed by atoms with Crippen molar-refractivity contribution in [2.45, 2.75) is 38.9 Å². The summed E-state index contributed by atoms with van der Waals surface area (Å²) in [4.78, 5) is 0. The summed E-state index contributed by atoms with van der Waals surface area (Å²) in [6.45, 7) is 8.41. The Kier molecular flexibility index (Phi) is 5.34. The second-order valence-electron chi connectivity index (χ2n) is 12.1. The minimum Gasteiger partial charge on any atom is -0.399 e. The summed E-state index contributed by atoms with van der Waals surface area (Å²) in [6, 6.07) is 39.7. The lowest BCUT2D eigenvalue weighted by Gasteiger charge is -2.32. The highest BCUT2D eigenvalue weighted by Gasteiger charge is 2.51. The van der Waals surface area contributed by atoms with Gasteiger partial charge in [-0.25, -0.2) is 0 Å². The Hall–Kier alpha value is -3.90. The minimum atomic E-state index is -0.408. The Morgan fingerprint density at radius 3 is 1.95 bits per heavy atom. The summed E-state index contributed by atoms with van der Waals surface area (Å²) in [5, 5.41) is 5.09. The molecule has 2 aromatic heterocycles. The van der Waals surface area contributed by atoms with E-state index in [1.807, 2.05) is 11.3 Å². The number of hydrogen-bond acceptors (Lipinski definition) is 3. The maximum atomic E-state index is 6.42. The molecule has 0 unspecified atom stereocenters. The van der Waals surface area contributed by atoms with Crippen molar-refractivity contribution in [3.63, 3.8) is 0 Å². The van der Waals surface area contributed by atoms with Crippen molar-refractivity contribution in [2.75, 3.05) is 0 Å². The first-order valence-electron chi connectivity index (χ1n) is 14.2. The SMILES string of the molecule is CC1(C)OB(c2ccc3c4ccc(-c5ccc6sc7ccccc7c6c5)cc4n(-c4ccccc4)c3c2)OC1(C)C. The van der Waals surface area contributed by atoms with Crippen LogP contribution < -0.4 is 5.46 Å². The second-order valence-corrected chi connectivity index (χ2v) is 13.2.